The molecule has 2 aliphatic rings. The molecule has 0 unspecified atom stereocenters. The molecular formula is C16H18N4O3S. The minimum absolute atomic E-state index is 0.183. The fourth-order valence-electron chi connectivity index (χ4n) is 3.56. The minimum atomic E-state index is -0.954. The van der Waals surface area contributed by atoms with E-state index >= 15 is 0 Å². The third-order valence-corrected chi connectivity index (χ3v) is 6.32. The molecular weight excluding hydrogens is 328 g/mol. The second kappa shape index (κ2) is 4.89. The van der Waals surface area contributed by atoms with Crippen LogP contribution in [-0.4, -0.2) is 53.6 Å². The highest BCUT2D eigenvalue weighted by molar-refractivity contribution is 8.01. The van der Waals surface area contributed by atoms with Gasteiger partial charge in [0, 0.05) is 11.8 Å². The van der Waals surface area contributed by atoms with Gasteiger partial charge in [0.05, 0.1) is 11.0 Å². The SMILES string of the molecule is Cn1c(N[C@@H]2C(=O)N3[C@@H]2SC(C)(C)[C@@H]3C(=O)O)nc2ccccc21. The number of rotatable bonds is 3. The lowest BCUT2D eigenvalue weighted by atomic mass is 9.96. The molecule has 126 valence electrons. The Hall–Kier alpha value is -2.22. The van der Waals surface area contributed by atoms with Crippen LogP contribution in [0.1, 0.15) is 13.8 Å². The average Bonchev–Trinajstić information content (AvgIpc) is 2.97. The Morgan fingerprint density at radius 1 is 1.38 bits per heavy atom. The molecule has 7 nitrogen and oxygen atoms in total. The molecule has 1 amide bonds. The lowest BCUT2D eigenvalue weighted by Gasteiger charge is -2.43. The van der Waals surface area contributed by atoms with Crippen LogP contribution in [0.3, 0.4) is 0 Å². The predicted octanol–water partition coefficient (Wildman–Crippen LogP) is 1.50. The Bertz CT molecular complexity index is 862. The first-order valence-corrected chi connectivity index (χ1v) is 8.60. The van der Waals surface area contributed by atoms with Crippen molar-refractivity contribution in [3.05, 3.63) is 24.3 Å². The van der Waals surface area contributed by atoms with Gasteiger partial charge in [0.25, 0.3) is 0 Å². The number of hydrogen-bond donors (Lipinski definition) is 2. The van der Waals surface area contributed by atoms with Crippen LogP contribution in [0.5, 0.6) is 0 Å². The number of carbonyl (C=O) groups excluding carboxylic acids is 1. The number of carbonyl (C=O) groups is 2. The molecule has 1 aromatic heterocycles. The molecule has 1 aromatic carbocycles. The summed E-state index contributed by atoms with van der Waals surface area (Å²) in [6.45, 7) is 3.74. The first kappa shape index (κ1) is 15.3. The normalized spacial score (nSPS) is 27.9. The number of nitrogens with zero attached hydrogens (tertiary/aromatic N) is 3. The van der Waals surface area contributed by atoms with E-state index in [1.54, 1.807) is 0 Å². The molecule has 0 aliphatic carbocycles. The number of anilines is 1. The number of aromatic nitrogens is 2. The number of benzene rings is 1. The van der Waals surface area contributed by atoms with Crippen molar-refractivity contribution in [1.82, 2.24) is 14.5 Å². The van der Waals surface area contributed by atoms with Gasteiger partial charge < -0.3 is 19.9 Å². The minimum Gasteiger partial charge on any atom is -0.480 e. The summed E-state index contributed by atoms with van der Waals surface area (Å²) < 4.78 is 1.39. The lowest BCUT2D eigenvalue weighted by molar-refractivity contribution is -0.158. The van der Waals surface area contributed by atoms with Gasteiger partial charge in [-0.25, -0.2) is 9.78 Å². The van der Waals surface area contributed by atoms with Crippen LogP contribution in [0.2, 0.25) is 0 Å². The van der Waals surface area contributed by atoms with Gasteiger partial charge in [-0.15, -0.1) is 11.8 Å². The smallest absolute Gasteiger partial charge is 0.327 e. The third kappa shape index (κ3) is 1.95. The van der Waals surface area contributed by atoms with E-state index in [0.29, 0.717) is 5.95 Å². The number of thioether (sulfide) groups is 1. The van der Waals surface area contributed by atoms with Crippen LogP contribution < -0.4 is 5.32 Å². The molecule has 24 heavy (non-hydrogen) atoms. The van der Waals surface area contributed by atoms with Gasteiger partial charge in [-0.3, -0.25) is 4.79 Å². The molecule has 2 N–H and O–H groups in total. The fraction of sp³-hybridized carbons (Fsp3) is 0.438. The van der Waals surface area contributed by atoms with Gasteiger partial charge in [0.1, 0.15) is 17.5 Å². The number of aliphatic carboxylic acids is 1. The van der Waals surface area contributed by atoms with E-state index in [1.165, 1.54) is 16.7 Å². The van der Waals surface area contributed by atoms with Gasteiger partial charge >= 0.3 is 5.97 Å². The molecule has 2 aromatic rings. The van der Waals surface area contributed by atoms with Crippen molar-refractivity contribution < 1.29 is 14.7 Å². The standard InChI is InChI=1S/C16H18N4O3S/c1-16(2)11(14(22)23)20-12(21)10(13(20)24-16)18-15-17-8-6-4-5-7-9(8)19(15)3/h4-7,10-11,13H,1-3H3,(H,17,18)(H,22,23)/t10-,11+,13-/m1/s1. The molecule has 2 aliphatic heterocycles. The summed E-state index contributed by atoms with van der Waals surface area (Å²) in [6.07, 6.45) is 0. The van der Waals surface area contributed by atoms with Crippen LogP contribution in [0.25, 0.3) is 11.0 Å². The fourth-order valence-corrected chi connectivity index (χ4v) is 5.18. The van der Waals surface area contributed by atoms with Crippen molar-refractivity contribution in [2.24, 2.45) is 7.05 Å². The topological polar surface area (TPSA) is 87.5 Å². The number of carboxylic acids is 1. The van der Waals surface area contributed by atoms with Crippen molar-refractivity contribution in [2.75, 3.05) is 5.32 Å². The Morgan fingerprint density at radius 2 is 2.08 bits per heavy atom. The highest BCUT2D eigenvalue weighted by Crippen LogP contribution is 2.51. The summed E-state index contributed by atoms with van der Waals surface area (Å²) in [7, 11) is 1.89. The van der Waals surface area contributed by atoms with Crippen molar-refractivity contribution in [1.29, 1.82) is 0 Å². The first-order chi connectivity index (χ1) is 11.3. The zero-order chi connectivity index (χ0) is 17.2. The van der Waals surface area contributed by atoms with Crippen LogP contribution in [0.15, 0.2) is 24.3 Å². The Kier molecular flexibility index (Phi) is 3.12. The highest BCUT2D eigenvalue weighted by atomic mass is 32.2. The molecule has 4 rings (SSSR count). The van der Waals surface area contributed by atoms with E-state index in [-0.39, 0.29) is 11.3 Å². The molecule has 0 bridgehead atoms. The molecule has 0 saturated carbocycles. The summed E-state index contributed by atoms with van der Waals surface area (Å²) in [5.41, 5.74) is 1.83. The van der Waals surface area contributed by atoms with Gasteiger partial charge in [0.2, 0.25) is 11.9 Å². The Labute approximate surface area is 143 Å². The second-order valence-electron chi connectivity index (χ2n) is 6.70. The third-order valence-electron chi connectivity index (χ3n) is 4.75. The maximum atomic E-state index is 12.5. The second-order valence-corrected chi connectivity index (χ2v) is 8.47. The zero-order valence-corrected chi connectivity index (χ0v) is 14.4. The molecule has 3 heterocycles. The average molecular weight is 346 g/mol. The summed E-state index contributed by atoms with van der Waals surface area (Å²) in [5.74, 6) is -0.520. The number of para-hydroxylation sites is 2. The van der Waals surface area contributed by atoms with Gasteiger partial charge in [-0.1, -0.05) is 12.1 Å². The summed E-state index contributed by atoms with van der Waals surface area (Å²) in [4.78, 5) is 30.1. The van der Waals surface area contributed by atoms with E-state index < -0.39 is 22.8 Å². The van der Waals surface area contributed by atoms with E-state index in [1.807, 2.05) is 49.7 Å². The number of carboxylic acid groups (broad SMARTS) is 1. The lowest BCUT2D eigenvalue weighted by Crippen LogP contribution is -2.68. The highest BCUT2D eigenvalue weighted by Gasteiger charge is 2.64. The Balaban J connectivity index is 1.62. The maximum absolute atomic E-state index is 12.5. The van der Waals surface area contributed by atoms with Crippen molar-refractivity contribution in [3.8, 4) is 0 Å². The van der Waals surface area contributed by atoms with Crippen molar-refractivity contribution in [3.63, 3.8) is 0 Å². The quantitative estimate of drug-likeness (QED) is 0.819. The van der Waals surface area contributed by atoms with E-state index in [0.717, 1.165) is 11.0 Å². The molecule has 0 spiro atoms. The van der Waals surface area contributed by atoms with E-state index in [4.69, 9.17) is 0 Å². The first-order valence-electron chi connectivity index (χ1n) is 7.72. The summed E-state index contributed by atoms with van der Waals surface area (Å²) in [5, 5.41) is 12.5. The van der Waals surface area contributed by atoms with Crippen molar-refractivity contribution in [2.45, 2.75) is 36.1 Å². The van der Waals surface area contributed by atoms with Crippen LogP contribution in [0.4, 0.5) is 5.95 Å². The largest absolute Gasteiger partial charge is 0.480 e. The van der Waals surface area contributed by atoms with E-state index in [2.05, 4.69) is 10.3 Å². The number of aryl methyl sites for hydroxylation is 1. The van der Waals surface area contributed by atoms with Crippen molar-refractivity contribution >= 4 is 40.6 Å². The number of hydrogen-bond acceptors (Lipinski definition) is 5. The molecule has 2 saturated heterocycles. The molecule has 3 atom stereocenters. The monoisotopic (exact) mass is 346 g/mol. The number of amides is 1. The number of fused-ring (bicyclic) bond motifs is 2. The number of nitrogens with one attached hydrogen (secondary N) is 1. The maximum Gasteiger partial charge on any atom is 0.327 e. The number of imidazole rings is 1. The van der Waals surface area contributed by atoms with Gasteiger partial charge in [0.15, 0.2) is 0 Å². The zero-order valence-electron chi connectivity index (χ0n) is 13.6. The van der Waals surface area contributed by atoms with Crippen LogP contribution in [-0.2, 0) is 16.6 Å². The Morgan fingerprint density at radius 3 is 2.75 bits per heavy atom. The summed E-state index contributed by atoms with van der Waals surface area (Å²) >= 11 is 1.52. The molecule has 0 radical (unpaired) electrons. The number of β-lactam (4-membered cyclic amide) rings is 1. The van der Waals surface area contributed by atoms with Gasteiger partial charge in [-0.05, 0) is 26.0 Å². The van der Waals surface area contributed by atoms with Crippen LogP contribution >= 0.6 is 11.8 Å². The van der Waals surface area contributed by atoms with Gasteiger partial charge in [-0.2, -0.15) is 0 Å². The predicted molar refractivity (Wildman–Crippen MR) is 91.9 cm³/mol. The molecule has 8 heteroatoms. The van der Waals surface area contributed by atoms with E-state index in [9.17, 15) is 14.7 Å². The summed E-state index contributed by atoms with van der Waals surface area (Å²) in [6, 6.07) is 6.51. The molecule has 2 fully saturated rings. The van der Waals surface area contributed by atoms with Crippen LogP contribution in [0, 0.1) is 0 Å².